The van der Waals surface area contributed by atoms with E-state index >= 15 is 0 Å². The number of nitrogens with zero attached hydrogens (tertiary/aromatic N) is 3. The smallest absolute Gasteiger partial charge is 0.295 e. The van der Waals surface area contributed by atoms with Crippen LogP contribution in [0, 0.1) is 0 Å². The van der Waals surface area contributed by atoms with E-state index in [4.69, 9.17) is 0 Å². The molecule has 0 fully saturated rings. The zero-order valence-electron chi connectivity index (χ0n) is 12.6. The number of aromatic nitrogens is 1. The second-order valence-electron chi connectivity index (χ2n) is 5.35. The molecule has 0 saturated heterocycles. The molecule has 2 aromatic rings. The maximum Gasteiger partial charge on any atom is 0.295 e. The van der Waals surface area contributed by atoms with E-state index in [1.807, 2.05) is 19.1 Å². The van der Waals surface area contributed by atoms with Gasteiger partial charge in [0.05, 0.1) is 0 Å². The van der Waals surface area contributed by atoms with Gasteiger partial charge in [-0.15, -0.1) is 0 Å². The molecule has 3 rings (SSSR count). The van der Waals surface area contributed by atoms with Gasteiger partial charge in [0.1, 0.15) is 5.69 Å². The fraction of sp³-hybridized carbons (Fsp3) is 0.235. The molecule has 1 aromatic carbocycles. The van der Waals surface area contributed by atoms with Crippen molar-refractivity contribution in [3.05, 3.63) is 64.4 Å². The number of hydrogen-bond donors (Lipinski definition) is 1. The summed E-state index contributed by atoms with van der Waals surface area (Å²) in [6, 6.07) is 12.3. The Hall–Kier alpha value is -2.05. The van der Waals surface area contributed by atoms with Crippen molar-refractivity contribution in [1.82, 2.24) is 9.99 Å². The summed E-state index contributed by atoms with van der Waals surface area (Å²) in [7, 11) is 0. The summed E-state index contributed by atoms with van der Waals surface area (Å²) in [4.78, 5) is 16.8. The molecule has 1 aliphatic rings. The standard InChI is InChI=1S/C17H16BrN3O2/c1-2-14-11-17(23,12-6-8-13(18)9-7-12)21(20-14)16(22)15-5-3-4-10-19-15/h3-10,23H,2,11H2,1H3. The summed E-state index contributed by atoms with van der Waals surface area (Å²) in [6.07, 6.45) is 2.51. The lowest BCUT2D eigenvalue weighted by atomic mass is 9.96. The number of rotatable bonds is 3. The van der Waals surface area contributed by atoms with Gasteiger partial charge in [-0.1, -0.05) is 41.1 Å². The molecule has 1 N–H and O–H groups in total. The zero-order chi connectivity index (χ0) is 16.4. The van der Waals surface area contributed by atoms with Crippen molar-refractivity contribution in [2.24, 2.45) is 5.10 Å². The molecule has 1 unspecified atom stereocenters. The normalized spacial score (nSPS) is 20.5. The largest absolute Gasteiger partial charge is 0.365 e. The third-order valence-corrected chi connectivity index (χ3v) is 4.36. The van der Waals surface area contributed by atoms with Crippen molar-refractivity contribution >= 4 is 27.5 Å². The second kappa shape index (κ2) is 6.22. The van der Waals surface area contributed by atoms with Gasteiger partial charge in [0.2, 0.25) is 0 Å². The number of benzene rings is 1. The number of aliphatic hydroxyl groups is 1. The minimum atomic E-state index is -1.49. The highest BCUT2D eigenvalue weighted by Gasteiger charge is 2.45. The van der Waals surface area contributed by atoms with Crippen LogP contribution in [-0.4, -0.2) is 26.7 Å². The number of hydrogen-bond acceptors (Lipinski definition) is 4. The number of carbonyl (C=O) groups excluding carboxylic acids is 1. The first-order valence-electron chi connectivity index (χ1n) is 7.35. The Morgan fingerprint density at radius 2 is 2.04 bits per heavy atom. The summed E-state index contributed by atoms with van der Waals surface area (Å²) < 4.78 is 0.905. The van der Waals surface area contributed by atoms with Crippen LogP contribution in [-0.2, 0) is 5.72 Å². The molecule has 5 nitrogen and oxygen atoms in total. The molecule has 1 amide bonds. The molecule has 0 radical (unpaired) electrons. The molecule has 2 heterocycles. The third-order valence-electron chi connectivity index (χ3n) is 3.83. The predicted octanol–water partition coefficient (Wildman–Crippen LogP) is 3.30. The minimum absolute atomic E-state index is 0.254. The minimum Gasteiger partial charge on any atom is -0.365 e. The van der Waals surface area contributed by atoms with Crippen LogP contribution in [0.5, 0.6) is 0 Å². The highest BCUT2D eigenvalue weighted by atomic mass is 79.9. The van der Waals surface area contributed by atoms with Crippen LogP contribution in [0.15, 0.2) is 58.2 Å². The molecule has 6 heteroatoms. The molecule has 0 saturated carbocycles. The molecular weight excluding hydrogens is 358 g/mol. The first-order chi connectivity index (χ1) is 11.0. The van der Waals surface area contributed by atoms with Crippen molar-refractivity contribution < 1.29 is 9.90 Å². The van der Waals surface area contributed by atoms with E-state index in [9.17, 15) is 9.90 Å². The van der Waals surface area contributed by atoms with Gasteiger partial charge in [0.15, 0.2) is 5.72 Å². The highest BCUT2D eigenvalue weighted by molar-refractivity contribution is 9.10. The van der Waals surface area contributed by atoms with Crippen LogP contribution in [0.2, 0.25) is 0 Å². The number of carbonyl (C=O) groups is 1. The van der Waals surface area contributed by atoms with Crippen molar-refractivity contribution in [1.29, 1.82) is 0 Å². The molecule has 1 aliphatic heterocycles. The molecule has 0 aliphatic carbocycles. The van der Waals surface area contributed by atoms with Gasteiger partial charge in [0, 0.05) is 28.4 Å². The van der Waals surface area contributed by atoms with Crippen LogP contribution in [0.4, 0.5) is 0 Å². The number of amides is 1. The third kappa shape index (κ3) is 2.92. The molecule has 23 heavy (non-hydrogen) atoms. The molecule has 118 valence electrons. The maximum atomic E-state index is 12.8. The second-order valence-corrected chi connectivity index (χ2v) is 6.27. The van der Waals surface area contributed by atoms with E-state index in [1.54, 1.807) is 36.5 Å². The monoisotopic (exact) mass is 373 g/mol. The fourth-order valence-corrected chi connectivity index (χ4v) is 2.83. The van der Waals surface area contributed by atoms with Gasteiger partial charge >= 0.3 is 0 Å². The summed E-state index contributed by atoms with van der Waals surface area (Å²) >= 11 is 3.38. The van der Waals surface area contributed by atoms with Crippen LogP contribution in [0.1, 0.15) is 35.8 Å². The fourth-order valence-electron chi connectivity index (χ4n) is 2.57. The van der Waals surface area contributed by atoms with Gasteiger partial charge in [-0.2, -0.15) is 10.1 Å². The average Bonchev–Trinajstić information content (AvgIpc) is 2.93. The van der Waals surface area contributed by atoms with Crippen LogP contribution in [0.25, 0.3) is 0 Å². The number of pyridine rings is 1. The van der Waals surface area contributed by atoms with Crippen LogP contribution < -0.4 is 0 Å². The Labute approximate surface area is 142 Å². The van der Waals surface area contributed by atoms with E-state index in [1.165, 1.54) is 0 Å². The van der Waals surface area contributed by atoms with Gasteiger partial charge in [-0.3, -0.25) is 9.78 Å². The Kier molecular flexibility index (Phi) is 4.28. The van der Waals surface area contributed by atoms with Crippen LogP contribution >= 0.6 is 15.9 Å². The van der Waals surface area contributed by atoms with Crippen molar-refractivity contribution in [3.8, 4) is 0 Å². The summed E-state index contributed by atoms with van der Waals surface area (Å²) in [5.41, 5.74) is 0.168. The lowest BCUT2D eigenvalue weighted by Gasteiger charge is -2.31. The van der Waals surface area contributed by atoms with E-state index in [2.05, 4.69) is 26.0 Å². The summed E-state index contributed by atoms with van der Waals surface area (Å²) in [5, 5.41) is 16.7. The first-order valence-corrected chi connectivity index (χ1v) is 8.14. The van der Waals surface area contributed by atoms with E-state index < -0.39 is 11.6 Å². The van der Waals surface area contributed by atoms with Gasteiger partial charge in [-0.05, 0) is 30.7 Å². The van der Waals surface area contributed by atoms with Crippen molar-refractivity contribution in [3.63, 3.8) is 0 Å². The van der Waals surface area contributed by atoms with Crippen molar-refractivity contribution in [2.75, 3.05) is 0 Å². The van der Waals surface area contributed by atoms with E-state index in [0.29, 0.717) is 18.4 Å². The SMILES string of the molecule is CCC1=NN(C(=O)c2ccccn2)C(O)(c2ccc(Br)cc2)C1. The molecule has 1 atom stereocenters. The van der Waals surface area contributed by atoms with E-state index in [0.717, 1.165) is 15.2 Å². The molecule has 1 aromatic heterocycles. The summed E-state index contributed by atoms with van der Waals surface area (Å²) in [6.45, 7) is 1.95. The Morgan fingerprint density at radius 1 is 1.30 bits per heavy atom. The summed E-state index contributed by atoms with van der Waals surface area (Å²) in [5.74, 6) is -0.417. The van der Waals surface area contributed by atoms with Gasteiger partial charge in [0.25, 0.3) is 5.91 Å². The van der Waals surface area contributed by atoms with Gasteiger partial charge < -0.3 is 5.11 Å². The van der Waals surface area contributed by atoms with Crippen LogP contribution in [0.3, 0.4) is 0 Å². The lowest BCUT2D eigenvalue weighted by molar-refractivity contribution is -0.0768. The highest BCUT2D eigenvalue weighted by Crippen LogP contribution is 2.37. The van der Waals surface area contributed by atoms with Crippen molar-refractivity contribution in [2.45, 2.75) is 25.5 Å². The topological polar surface area (TPSA) is 65.8 Å². The zero-order valence-corrected chi connectivity index (χ0v) is 14.2. The molecular formula is C17H16BrN3O2. The first kappa shape index (κ1) is 15.8. The Bertz CT molecular complexity index is 746. The predicted molar refractivity (Wildman–Crippen MR) is 90.8 cm³/mol. The van der Waals surface area contributed by atoms with E-state index in [-0.39, 0.29) is 5.69 Å². The Morgan fingerprint density at radius 3 is 2.65 bits per heavy atom. The van der Waals surface area contributed by atoms with Gasteiger partial charge in [-0.25, -0.2) is 0 Å². The number of halogens is 1. The molecule has 0 spiro atoms. The quantitative estimate of drug-likeness (QED) is 0.897. The molecule has 0 bridgehead atoms. The number of hydrazone groups is 1. The Balaban J connectivity index is 2.02. The average molecular weight is 374 g/mol. The lowest BCUT2D eigenvalue weighted by Crippen LogP contribution is -2.43. The maximum absolute atomic E-state index is 12.8.